The Bertz CT molecular complexity index is 192. The molecule has 0 aliphatic heterocycles. The topological polar surface area (TPSA) is 0 Å². The molecule has 0 amide bonds. The van der Waals surface area contributed by atoms with E-state index in [4.69, 9.17) is 11.1 Å². The highest BCUT2D eigenvalue weighted by Gasteiger charge is 2.29. The van der Waals surface area contributed by atoms with Gasteiger partial charge in [0.2, 0.25) is 0 Å². The van der Waals surface area contributed by atoms with Crippen molar-refractivity contribution >= 4 is 25.2 Å². The molecule has 3 heteroatoms. The van der Waals surface area contributed by atoms with Gasteiger partial charge in [0.15, 0.2) is 14.1 Å². The first-order valence-corrected chi connectivity index (χ1v) is 10.4. The van der Waals surface area contributed by atoms with Crippen LogP contribution in [0.25, 0.3) is 0 Å². The molecule has 0 aliphatic rings. The molecular formula is C12H26BClSi. The summed E-state index contributed by atoms with van der Waals surface area (Å²) in [6.07, 6.45) is 8.70. The maximum atomic E-state index is 6.60. The monoisotopic (exact) mass is 244 g/mol. The minimum atomic E-state index is -1.61. The van der Waals surface area contributed by atoms with Gasteiger partial charge in [0.1, 0.15) is 0 Å². The van der Waals surface area contributed by atoms with E-state index in [9.17, 15) is 0 Å². The molecule has 0 N–H and O–H groups in total. The Labute approximate surface area is 102 Å². The van der Waals surface area contributed by atoms with Crippen molar-refractivity contribution in [2.45, 2.75) is 65.8 Å². The van der Waals surface area contributed by atoms with E-state index < -0.39 is 7.38 Å². The molecule has 0 aromatic carbocycles. The van der Waals surface area contributed by atoms with E-state index in [-0.39, 0.29) is 0 Å². The quantitative estimate of drug-likeness (QED) is 0.330. The standard InChI is InChI=1S/C12H26BClSi/c1-6-9-10-11-12(15(4,5)14)13(7-2)8-3/h11H,6-10H2,1-5H3/b12-11-. The predicted octanol–water partition coefficient (Wildman–Crippen LogP) is 5.16. The van der Waals surface area contributed by atoms with Crippen LogP contribution in [0, 0.1) is 0 Å². The van der Waals surface area contributed by atoms with Gasteiger partial charge in [-0.2, -0.15) is 11.1 Å². The lowest BCUT2D eigenvalue weighted by Crippen LogP contribution is -2.32. The second-order valence-electron chi connectivity index (χ2n) is 4.79. The second kappa shape index (κ2) is 7.56. The molecular weight excluding hydrogens is 218 g/mol. The summed E-state index contributed by atoms with van der Waals surface area (Å²) < 4.78 is 0. The van der Waals surface area contributed by atoms with Crippen LogP contribution in [0.1, 0.15) is 40.0 Å². The van der Waals surface area contributed by atoms with Gasteiger partial charge in [0, 0.05) is 0 Å². The molecule has 88 valence electrons. The summed E-state index contributed by atoms with van der Waals surface area (Å²) in [6.45, 7) is 12.0. The van der Waals surface area contributed by atoms with Crippen LogP contribution in [0.2, 0.25) is 25.7 Å². The molecule has 0 atom stereocenters. The number of allylic oxidation sites excluding steroid dienone is 1. The van der Waals surface area contributed by atoms with E-state index in [1.807, 2.05) is 0 Å². The van der Waals surface area contributed by atoms with Crippen molar-refractivity contribution in [2.24, 2.45) is 0 Å². The summed E-state index contributed by atoms with van der Waals surface area (Å²) in [5, 5.41) is 1.59. The van der Waals surface area contributed by atoms with Crippen molar-refractivity contribution in [2.75, 3.05) is 0 Å². The lowest BCUT2D eigenvalue weighted by atomic mass is 9.45. The predicted molar refractivity (Wildman–Crippen MR) is 77.7 cm³/mol. The molecule has 15 heavy (non-hydrogen) atoms. The Morgan fingerprint density at radius 1 is 1.20 bits per heavy atom. The van der Waals surface area contributed by atoms with Crippen LogP contribution in [0.4, 0.5) is 0 Å². The van der Waals surface area contributed by atoms with Crippen LogP contribution in [0.15, 0.2) is 11.2 Å². The smallest absolute Gasteiger partial charge is 0.163 e. The third kappa shape index (κ3) is 5.82. The molecule has 0 aromatic rings. The lowest BCUT2D eigenvalue weighted by Gasteiger charge is -2.24. The summed E-state index contributed by atoms with van der Waals surface area (Å²) in [6, 6.07) is 0. The van der Waals surface area contributed by atoms with E-state index in [0.717, 1.165) is 6.71 Å². The van der Waals surface area contributed by atoms with Crippen LogP contribution in [-0.4, -0.2) is 14.1 Å². The number of hydrogen-bond acceptors (Lipinski definition) is 0. The highest BCUT2D eigenvalue weighted by molar-refractivity contribution is 7.27. The van der Waals surface area contributed by atoms with Crippen molar-refractivity contribution < 1.29 is 0 Å². The van der Waals surface area contributed by atoms with Gasteiger partial charge < -0.3 is 0 Å². The van der Waals surface area contributed by atoms with Gasteiger partial charge in [0.05, 0.1) is 0 Å². The van der Waals surface area contributed by atoms with Crippen molar-refractivity contribution in [3.05, 3.63) is 11.2 Å². The first-order valence-electron chi connectivity index (χ1n) is 6.36. The first-order chi connectivity index (χ1) is 6.97. The first kappa shape index (κ1) is 15.3. The van der Waals surface area contributed by atoms with Gasteiger partial charge in [-0.15, -0.1) is 5.10 Å². The molecule has 0 aliphatic carbocycles. The largest absolute Gasteiger partial charge is 0.168 e. The Balaban J connectivity index is 4.64. The summed E-state index contributed by atoms with van der Waals surface area (Å²) in [5.41, 5.74) is 0. The fraction of sp³-hybridized carbons (Fsp3) is 0.833. The number of unbranched alkanes of at least 4 members (excludes halogenated alkanes) is 2. The van der Waals surface area contributed by atoms with Gasteiger partial charge in [-0.3, -0.25) is 0 Å². The highest BCUT2D eigenvalue weighted by atomic mass is 35.6. The molecule has 0 fully saturated rings. The van der Waals surface area contributed by atoms with E-state index in [1.54, 1.807) is 5.10 Å². The van der Waals surface area contributed by atoms with Crippen LogP contribution in [-0.2, 0) is 0 Å². The number of halogens is 1. The zero-order valence-corrected chi connectivity index (χ0v) is 12.8. The Hall–Kier alpha value is 0.312. The van der Waals surface area contributed by atoms with Gasteiger partial charge in [0.25, 0.3) is 0 Å². The molecule has 0 radical (unpaired) electrons. The molecule has 0 saturated carbocycles. The van der Waals surface area contributed by atoms with Crippen LogP contribution in [0.3, 0.4) is 0 Å². The van der Waals surface area contributed by atoms with Crippen molar-refractivity contribution in [1.29, 1.82) is 0 Å². The zero-order chi connectivity index (χ0) is 11.9. The molecule has 0 spiro atoms. The van der Waals surface area contributed by atoms with E-state index in [2.05, 4.69) is 39.9 Å². The normalized spacial score (nSPS) is 13.1. The number of hydrogen-bond donors (Lipinski definition) is 0. The van der Waals surface area contributed by atoms with Crippen LogP contribution >= 0.6 is 11.1 Å². The zero-order valence-electron chi connectivity index (χ0n) is 11.1. The summed E-state index contributed by atoms with van der Waals surface area (Å²) in [5.74, 6) is 0. The summed E-state index contributed by atoms with van der Waals surface area (Å²) >= 11 is 6.60. The molecule has 0 unspecified atom stereocenters. The molecule has 0 rings (SSSR count). The lowest BCUT2D eigenvalue weighted by molar-refractivity contribution is 0.814. The van der Waals surface area contributed by atoms with Crippen molar-refractivity contribution in [3.8, 4) is 0 Å². The third-order valence-corrected chi connectivity index (χ3v) is 5.67. The maximum absolute atomic E-state index is 6.60. The third-order valence-electron chi connectivity index (χ3n) is 3.03. The summed E-state index contributed by atoms with van der Waals surface area (Å²) in [7, 11) is -1.61. The second-order valence-corrected chi connectivity index (χ2v) is 11.1. The number of rotatable bonds is 7. The average Bonchev–Trinajstić information content (AvgIpc) is 2.16. The average molecular weight is 245 g/mol. The van der Waals surface area contributed by atoms with Crippen molar-refractivity contribution in [3.63, 3.8) is 0 Å². The van der Waals surface area contributed by atoms with Crippen LogP contribution < -0.4 is 0 Å². The van der Waals surface area contributed by atoms with E-state index in [0.29, 0.717) is 0 Å². The van der Waals surface area contributed by atoms with Gasteiger partial charge in [-0.05, 0) is 6.42 Å². The molecule has 0 nitrogen and oxygen atoms in total. The fourth-order valence-electron chi connectivity index (χ4n) is 2.08. The minimum Gasteiger partial charge on any atom is -0.163 e. The Kier molecular flexibility index (Phi) is 7.72. The van der Waals surface area contributed by atoms with E-state index >= 15 is 0 Å². The van der Waals surface area contributed by atoms with Crippen LogP contribution in [0.5, 0.6) is 0 Å². The van der Waals surface area contributed by atoms with Gasteiger partial charge in [-0.25, -0.2) is 0 Å². The fourth-order valence-corrected chi connectivity index (χ4v) is 4.79. The molecule has 0 heterocycles. The highest BCUT2D eigenvalue weighted by Crippen LogP contribution is 2.26. The Morgan fingerprint density at radius 2 is 1.73 bits per heavy atom. The Morgan fingerprint density at radius 3 is 2.07 bits per heavy atom. The minimum absolute atomic E-state index is 0.723. The maximum Gasteiger partial charge on any atom is 0.168 e. The molecule has 0 saturated heterocycles. The van der Waals surface area contributed by atoms with E-state index in [1.165, 1.54) is 31.9 Å². The summed E-state index contributed by atoms with van der Waals surface area (Å²) in [4.78, 5) is 0. The SMILES string of the molecule is CCCC/C=C(/B(CC)CC)[Si](C)(C)Cl. The van der Waals surface area contributed by atoms with Crippen molar-refractivity contribution in [1.82, 2.24) is 0 Å². The molecule has 0 aromatic heterocycles. The molecule has 0 bridgehead atoms. The van der Waals surface area contributed by atoms with Gasteiger partial charge >= 0.3 is 0 Å². The van der Waals surface area contributed by atoms with Gasteiger partial charge in [-0.1, -0.05) is 65.4 Å².